The minimum Gasteiger partial charge on any atom is -0.471 e. The number of alkyl halides is 3. The average Bonchev–Trinajstić information content (AvgIpc) is 3.24. The Morgan fingerprint density at radius 3 is 2.41 bits per heavy atom. The number of rotatable bonds is 5. The number of hydrogen-bond donors (Lipinski definition) is 0. The summed E-state index contributed by atoms with van der Waals surface area (Å²) in [6.45, 7) is 7.41. The molecule has 4 aromatic rings. The summed E-state index contributed by atoms with van der Waals surface area (Å²) in [5, 5.41) is 4.03. The lowest BCUT2D eigenvalue weighted by atomic mass is 10.0. The van der Waals surface area contributed by atoms with Crippen LogP contribution in [0.15, 0.2) is 34.7 Å². The molecule has 0 amide bonds. The zero-order chi connectivity index (χ0) is 23.2. The van der Waals surface area contributed by atoms with Crippen molar-refractivity contribution in [1.29, 1.82) is 0 Å². The van der Waals surface area contributed by atoms with E-state index in [1.165, 1.54) is 17.2 Å². The first-order valence-electron chi connectivity index (χ1n) is 10.2. The van der Waals surface area contributed by atoms with Gasteiger partial charge in [0.2, 0.25) is 11.8 Å². The number of fused-ring (bicyclic) bond motifs is 1. The van der Waals surface area contributed by atoms with Gasteiger partial charge in [-0.25, -0.2) is 4.98 Å². The molecule has 0 saturated carbocycles. The zero-order valence-electron chi connectivity index (χ0n) is 18.4. The molecule has 0 aliphatic rings. The summed E-state index contributed by atoms with van der Waals surface area (Å²) in [5.74, 6) is 1.21. The van der Waals surface area contributed by atoms with Crippen LogP contribution in [0.5, 0.6) is 5.88 Å². The van der Waals surface area contributed by atoms with Gasteiger partial charge in [0.05, 0.1) is 16.6 Å². The molecule has 6 nitrogen and oxygen atoms in total. The summed E-state index contributed by atoms with van der Waals surface area (Å²) in [7, 11) is 1.55. The van der Waals surface area contributed by atoms with Crippen molar-refractivity contribution in [1.82, 2.24) is 19.7 Å². The molecule has 0 bridgehead atoms. The van der Waals surface area contributed by atoms with Crippen LogP contribution in [0.1, 0.15) is 48.0 Å². The molecule has 0 spiro atoms. The van der Waals surface area contributed by atoms with Crippen molar-refractivity contribution < 1.29 is 22.3 Å². The topological polar surface area (TPSA) is 66.0 Å². The standard InChI is InChI=1S/C23H23F3N4O2/c1-12(2)15-6-8-16(9-7-15)22-27-18(14(4)32-22)11-31-19-10-17(23(24,25)26)20-13(3)29-30(5)21(20)28-19/h6-10,12H,11H2,1-5H3. The van der Waals surface area contributed by atoms with Crippen LogP contribution in [-0.2, 0) is 19.8 Å². The lowest BCUT2D eigenvalue weighted by Gasteiger charge is -2.11. The molecule has 3 aromatic heterocycles. The van der Waals surface area contributed by atoms with E-state index < -0.39 is 11.7 Å². The van der Waals surface area contributed by atoms with Crippen LogP contribution < -0.4 is 4.74 Å². The Bertz CT molecular complexity index is 1270. The van der Waals surface area contributed by atoms with Gasteiger partial charge < -0.3 is 9.15 Å². The van der Waals surface area contributed by atoms with Crippen LogP contribution in [0.3, 0.4) is 0 Å². The van der Waals surface area contributed by atoms with E-state index in [-0.39, 0.29) is 29.2 Å². The van der Waals surface area contributed by atoms with E-state index in [0.717, 1.165) is 11.6 Å². The molecule has 4 rings (SSSR count). The first-order chi connectivity index (χ1) is 15.0. The third kappa shape index (κ3) is 4.06. The van der Waals surface area contributed by atoms with Gasteiger partial charge in [-0.2, -0.15) is 23.3 Å². The highest BCUT2D eigenvalue weighted by atomic mass is 19.4. The minimum atomic E-state index is -4.56. The van der Waals surface area contributed by atoms with Crippen LogP contribution in [0, 0.1) is 13.8 Å². The van der Waals surface area contributed by atoms with Gasteiger partial charge in [0, 0.05) is 18.7 Å². The number of benzene rings is 1. The van der Waals surface area contributed by atoms with E-state index in [0.29, 0.717) is 23.3 Å². The number of aromatic nitrogens is 4. The maximum absolute atomic E-state index is 13.6. The molecular formula is C23H23F3N4O2. The summed E-state index contributed by atoms with van der Waals surface area (Å²) in [4.78, 5) is 8.69. The van der Waals surface area contributed by atoms with Gasteiger partial charge in [-0.15, -0.1) is 0 Å². The second kappa shape index (κ2) is 7.96. The van der Waals surface area contributed by atoms with Gasteiger partial charge >= 0.3 is 6.18 Å². The third-order valence-corrected chi connectivity index (χ3v) is 5.32. The molecular weight excluding hydrogens is 421 g/mol. The van der Waals surface area contributed by atoms with Gasteiger partial charge in [-0.3, -0.25) is 4.68 Å². The lowest BCUT2D eigenvalue weighted by molar-refractivity contribution is -0.136. The lowest BCUT2D eigenvalue weighted by Crippen LogP contribution is -2.09. The normalized spacial score (nSPS) is 12.2. The molecule has 0 atom stereocenters. The van der Waals surface area contributed by atoms with Crippen LogP contribution in [0.25, 0.3) is 22.5 Å². The smallest absolute Gasteiger partial charge is 0.417 e. The SMILES string of the molecule is Cc1oc(-c2ccc(C(C)C)cc2)nc1COc1cc(C(F)(F)F)c2c(C)nn(C)c2n1. The van der Waals surface area contributed by atoms with E-state index in [4.69, 9.17) is 9.15 Å². The summed E-state index contributed by atoms with van der Waals surface area (Å²) < 4.78 is 53.6. The van der Waals surface area contributed by atoms with Crippen LogP contribution in [0.2, 0.25) is 0 Å². The van der Waals surface area contributed by atoms with Gasteiger partial charge in [-0.05, 0) is 37.5 Å². The quantitative estimate of drug-likeness (QED) is 0.380. The highest BCUT2D eigenvalue weighted by Crippen LogP contribution is 2.37. The maximum Gasteiger partial charge on any atom is 0.417 e. The van der Waals surface area contributed by atoms with Gasteiger partial charge in [0.15, 0.2) is 5.65 Å². The Hall–Kier alpha value is -3.36. The van der Waals surface area contributed by atoms with Crippen molar-refractivity contribution in [2.75, 3.05) is 0 Å². The Morgan fingerprint density at radius 1 is 1.09 bits per heavy atom. The molecule has 0 aliphatic carbocycles. The van der Waals surface area contributed by atoms with Crippen molar-refractivity contribution in [3.05, 3.63) is 58.6 Å². The van der Waals surface area contributed by atoms with Crippen molar-refractivity contribution in [3.63, 3.8) is 0 Å². The van der Waals surface area contributed by atoms with Crippen LogP contribution in [0.4, 0.5) is 13.2 Å². The van der Waals surface area contributed by atoms with E-state index in [1.807, 2.05) is 24.3 Å². The maximum atomic E-state index is 13.6. The van der Waals surface area contributed by atoms with Gasteiger partial charge in [0.1, 0.15) is 18.1 Å². The predicted molar refractivity (Wildman–Crippen MR) is 113 cm³/mol. The molecule has 0 aliphatic heterocycles. The molecule has 3 heterocycles. The Balaban J connectivity index is 1.61. The average molecular weight is 444 g/mol. The minimum absolute atomic E-state index is 0.0305. The molecule has 0 unspecified atom stereocenters. The van der Waals surface area contributed by atoms with Crippen LogP contribution >= 0.6 is 0 Å². The highest BCUT2D eigenvalue weighted by Gasteiger charge is 2.35. The van der Waals surface area contributed by atoms with Gasteiger partial charge in [-0.1, -0.05) is 26.0 Å². The van der Waals surface area contributed by atoms with Crippen LogP contribution in [-0.4, -0.2) is 19.7 Å². The molecule has 168 valence electrons. The predicted octanol–water partition coefficient (Wildman–Crippen LogP) is 5.96. The van der Waals surface area contributed by atoms with Gasteiger partial charge in [0.25, 0.3) is 0 Å². The van der Waals surface area contributed by atoms with E-state index >= 15 is 0 Å². The molecule has 0 fully saturated rings. The second-order valence-electron chi connectivity index (χ2n) is 8.00. The first kappa shape index (κ1) is 21.9. The molecule has 0 N–H and O–H groups in total. The number of oxazole rings is 1. The van der Waals surface area contributed by atoms with Crippen molar-refractivity contribution in [2.45, 2.75) is 46.4 Å². The molecule has 0 radical (unpaired) electrons. The summed E-state index contributed by atoms with van der Waals surface area (Å²) in [6, 6.07) is 8.80. The molecule has 32 heavy (non-hydrogen) atoms. The fourth-order valence-electron chi connectivity index (χ4n) is 3.56. The monoisotopic (exact) mass is 444 g/mol. The fraction of sp³-hybridized carbons (Fsp3) is 0.348. The second-order valence-corrected chi connectivity index (χ2v) is 8.00. The van der Waals surface area contributed by atoms with E-state index in [1.54, 1.807) is 14.0 Å². The Kier molecular flexibility index (Phi) is 5.44. The summed E-state index contributed by atoms with van der Waals surface area (Å²) in [6.07, 6.45) is -4.56. The number of pyridine rings is 1. The summed E-state index contributed by atoms with van der Waals surface area (Å²) in [5.41, 5.74) is 2.04. The number of ether oxygens (including phenoxy) is 1. The molecule has 1 aromatic carbocycles. The van der Waals surface area contributed by atoms with E-state index in [2.05, 4.69) is 28.9 Å². The molecule has 9 heteroatoms. The first-order valence-corrected chi connectivity index (χ1v) is 10.2. The Morgan fingerprint density at radius 2 is 1.78 bits per heavy atom. The fourth-order valence-corrected chi connectivity index (χ4v) is 3.56. The number of aryl methyl sites for hydroxylation is 3. The largest absolute Gasteiger partial charge is 0.471 e. The van der Waals surface area contributed by atoms with Crippen molar-refractivity contribution in [2.24, 2.45) is 7.05 Å². The molecule has 0 saturated heterocycles. The third-order valence-electron chi connectivity index (χ3n) is 5.32. The van der Waals surface area contributed by atoms with Crippen molar-refractivity contribution in [3.8, 4) is 17.3 Å². The van der Waals surface area contributed by atoms with Crippen molar-refractivity contribution >= 4 is 11.0 Å². The number of halogens is 3. The number of hydrogen-bond acceptors (Lipinski definition) is 5. The Labute approximate surface area is 183 Å². The number of nitrogens with zero attached hydrogens (tertiary/aromatic N) is 4. The summed E-state index contributed by atoms with van der Waals surface area (Å²) >= 11 is 0. The highest BCUT2D eigenvalue weighted by molar-refractivity contribution is 5.83. The zero-order valence-corrected chi connectivity index (χ0v) is 18.4. The van der Waals surface area contributed by atoms with E-state index in [9.17, 15) is 13.2 Å².